The molecule has 2 atom stereocenters. The molecule has 0 aliphatic heterocycles. The van der Waals surface area contributed by atoms with Crippen LogP contribution in [0.2, 0.25) is 0 Å². The first-order valence-electron chi connectivity index (χ1n) is 8.11. The van der Waals surface area contributed by atoms with Gasteiger partial charge in [-0.05, 0) is 39.0 Å². The molecule has 0 unspecified atom stereocenters. The van der Waals surface area contributed by atoms with E-state index < -0.39 is 28.6 Å². The summed E-state index contributed by atoms with van der Waals surface area (Å²) in [6, 6.07) is 5.17. The fourth-order valence-electron chi connectivity index (χ4n) is 2.32. The highest BCUT2D eigenvalue weighted by atomic mass is 16.6. The van der Waals surface area contributed by atoms with Crippen LogP contribution in [0.5, 0.6) is 0 Å². The minimum atomic E-state index is -0.581. The van der Waals surface area contributed by atoms with E-state index in [9.17, 15) is 19.7 Å². The van der Waals surface area contributed by atoms with Crippen LogP contribution in [0.4, 0.5) is 5.69 Å². The van der Waals surface area contributed by atoms with Gasteiger partial charge in [0, 0.05) is 18.6 Å². The standard InChI is InChI=1S/C18H21NO7/c1-18(2,3)26-16(20)11-24-14-8-9-15(10-14)25-17(21)12-4-6-13(7-5-12)19(22)23/h4-9,14-15H,10-11H2,1-3H3/t14-,15-/m0/s1. The lowest BCUT2D eigenvalue weighted by Crippen LogP contribution is -2.28. The van der Waals surface area contributed by atoms with Crippen LogP contribution in [0.1, 0.15) is 37.6 Å². The lowest BCUT2D eigenvalue weighted by atomic mass is 10.2. The van der Waals surface area contributed by atoms with E-state index in [0.717, 1.165) is 0 Å². The predicted octanol–water partition coefficient (Wildman–Crippen LogP) is 2.81. The van der Waals surface area contributed by atoms with Gasteiger partial charge in [0.25, 0.3) is 5.69 Å². The molecule has 0 N–H and O–H groups in total. The average molecular weight is 363 g/mol. The molecule has 8 nitrogen and oxygen atoms in total. The number of nitro groups is 1. The quantitative estimate of drug-likeness (QED) is 0.331. The number of nitrogens with zero attached hydrogens (tertiary/aromatic N) is 1. The van der Waals surface area contributed by atoms with E-state index >= 15 is 0 Å². The summed E-state index contributed by atoms with van der Waals surface area (Å²) >= 11 is 0. The molecule has 2 rings (SSSR count). The van der Waals surface area contributed by atoms with Crippen LogP contribution < -0.4 is 0 Å². The molecule has 0 heterocycles. The summed E-state index contributed by atoms with van der Waals surface area (Å²) in [4.78, 5) is 33.8. The third kappa shape index (κ3) is 5.96. The van der Waals surface area contributed by atoms with Crippen molar-refractivity contribution in [2.24, 2.45) is 0 Å². The van der Waals surface area contributed by atoms with Gasteiger partial charge in [0.1, 0.15) is 18.3 Å². The van der Waals surface area contributed by atoms with E-state index in [1.54, 1.807) is 32.9 Å². The van der Waals surface area contributed by atoms with Crippen LogP contribution in [0.3, 0.4) is 0 Å². The SMILES string of the molecule is CC(C)(C)OC(=O)CO[C@H]1C=C[C@H](OC(=O)c2ccc([N+](=O)[O-])cc2)C1. The highest BCUT2D eigenvalue weighted by Crippen LogP contribution is 2.20. The molecule has 1 aromatic rings. The van der Waals surface area contributed by atoms with E-state index in [1.165, 1.54) is 24.3 Å². The molecule has 8 heteroatoms. The van der Waals surface area contributed by atoms with Gasteiger partial charge in [0.15, 0.2) is 0 Å². The number of benzene rings is 1. The van der Waals surface area contributed by atoms with Gasteiger partial charge < -0.3 is 14.2 Å². The first-order valence-corrected chi connectivity index (χ1v) is 8.11. The van der Waals surface area contributed by atoms with Gasteiger partial charge in [-0.25, -0.2) is 9.59 Å². The minimum absolute atomic E-state index is 0.0991. The Bertz CT molecular complexity index is 703. The monoisotopic (exact) mass is 363 g/mol. The normalized spacial score (nSPS) is 19.2. The van der Waals surface area contributed by atoms with Gasteiger partial charge in [0.2, 0.25) is 0 Å². The Morgan fingerprint density at radius 2 is 1.77 bits per heavy atom. The maximum atomic E-state index is 12.1. The van der Waals surface area contributed by atoms with Crippen LogP contribution in [-0.4, -0.2) is 41.3 Å². The summed E-state index contributed by atoms with van der Waals surface area (Å²) in [5.41, 5.74) is -0.450. The van der Waals surface area contributed by atoms with Gasteiger partial charge in [-0.15, -0.1) is 0 Å². The summed E-state index contributed by atoms with van der Waals surface area (Å²) < 4.78 is 15.9. The Labute approximate surface area is 150 Å². The van der Waals surface area contributed by atoms with Crippen molar-refractivity contribution in [3.05, 3.63) is 52.1 Å². The molecule has 0 saturated carbocycles. The molecule has 0 bridgehead atoms. The summed E-state index contributed by atoms with van der Waals surface area (Å²) in [6.45, 7) is 5.13. The number of hydrogen-bond acceptors (Lipinski definition) is 7. The summed E-state index contributed by atoms with van der Waals surface area (Å²) in [7, 11) is 0. The number of ether oxygens (including phenoxy) is 3. The van der Waals surface area contributed by atoms with Crippen LogP contribution in [0.25, 0.3) is 0 Å². The predicted molar refractivity (Wildman–Crippen MR) is 91.6 cm³/mol. The maximum absolute atomic E-state index is 12.1. The molecule has 140 valence electrons. The smallest absolute Gasteiger partial charge is 0.338 e. The van der Waals surface area contributed by atoms with Gasteiger partial charge in [0.05, 0.1) is 16.6 Å². The summed E-state index contributed by atoms with van der Waals surface area (Å²) in [6.07, 6.45) is 2.96. The number of hydrogen-bond donors (Lipinski definition) is 0. The highest BCUT2D eigenvalue weighted by molar-refractivity contribution is 5.89. The molecule has 0 aromatic heterocycles. The van der Waals surface area contributed by atoms with E-state index in [1.807, 2.05) is 0 Å². The van der Waals surface area contributed by atoms with E-state index in [2.05, 4.69) is 0 Å². The number of carbonyl (C=O) groups is 2. The van der Waals surface area contributed by atoms with E-state index in [4.69, 9.17) is 14.2 Å². The first-order chi connectivity index (χ1) is 12.1. The zero-order valence-corrected chi connectivity index (χ0v) is 14.8. The average Bonchev–Trinajstić information content (AvgIpc) is 2.99. The van der Waals surface area contributed by atoms with E-state index in [0.29, 0.717) is 6.42 Å². The highest BCUT2D eigenvalue weighted by Gasteiger charge is 2.25. The van der Waals surface area contributed by atoms with Crippen molar-refractivity contribution in [2.75, 3.05) is 6.61 Å². The largest absolute Gasteiger partial charge is 0.458 e. The van der Waals surface area contributed by atoms with Gasteiger partial charge in [-0.1, -0.05) is 6.08 Å². The second-order valence-corrected chi connectivity index (χ2v) is 6.80. The number of non-ortho nitro benzene ring substituents is 1. The Hall–Kier alpha value is -2.74. The van der Waals surface area contributed by atoms with Crippen LogP contribution >= 0.6 is 0 Å². The fourth-order valence-corrected chi connectivity index (χ4v) is 2.32. The molecular formula is C18H21NO7. The first kappa shape index (κ1) is 19.6. The second kappa shape index (κ2) is 8.09. The fraction of sp³-hybridized carbons (Fsp3) is 0.444. The molecule has 1 aromatic carbocycles. The zero-order chi connectivity index (χ0) is 19.3. The molecule has 1 aliphatic rings. The summed E-state index contributed by atoms with van der Waals surface area (Å²) in [5.74, 6) is -1.04. The van der Waals surface area contributed by atoms with Crippen LogP contribution in [-0.2, 0) is 19.0 Å². The van der Waals surface area contributed by atoms with Crippen LogP contribution in [0, 0.1) is 10.1 Å². The van der Waals surface area contributed by atoms with Crippen molar-refractivity contribution in [3.63, 3.8) is 0 Å². The Morgan fingerprint density at radius 3 is 2.35 bits per heavy atom. The molecule has 26 heavy (non-hydrogen) atoms. The van der Waals surface area contributed by atoms with Gasteiger partial charge in [-0.2, -0.15) is 0 Å². The molecule has 1 aliphatic carbocycles. The van der Waals surface area contributed by atoms with Crippen molar-refractivity contribution >= 4 is 17.6 Å². The second-order valence-electron chi connectivity index (χ2n) is 6.80. The molecule has 0 spiro atoms. The number of carbonyl (C=O) groups excluding carboxylic acids is 2. The number of nitro benzene ring substituents is 1. The third-order valence-corrected chi connectivity index (χ3v) is 3.41. The lowest BCUT2D eigenvalue weighted by molar-refractivity contribution is -0.384. The van der Waals surface area contributed by atoms with Gasteiger partial charge >= 0.3 is 11.9 Å². The Kier molecular flexibility index (Phi) is 6.10. The van der Waals surface area contributed by atoms with Crippen molar-refractivity contribution in [1.29, 1.82) is 0 Å². The number of esters is 2. The molecule has 0 saturated heterocycles. The van der Waals surface area contributed by atoms with Crippen LogP contribution in [0.15, 0.2) is 36.4 Å². The summed E-state index contributed by atoms with van der Waals surface area (Å²) in [5, 5.41) is 10.6. The lowest BCUT2D eigenvalue weighted by Gasteiger charge is -2.20. The molecule has 0 fully saturated rings. The topological polar surface area (TPSA) is 105 Å². The molecule has 0 amide bonds. The Balaban J connectivity index is 1.78. The van der Waals surface area contributed by atoms with Crippen molar-refractivity contribution in [3.8, 4) is 0 Å². The van der Waals surface area contributed by atoms with Crippen molar-refractivity contribution in [2.45, 2.75) is 45.0 Å². The third-order valence-electron chi connectivity index (χ3n) is 3.41. The van der Waals surface area contributed by atoms with E-state index in [-0.39, 0.29) is 24.0 Å². The maximum Gasteiger partial charge on any atom is 0.338 e. The van der Waals surface area contributed by atoms with Crippen molar-refractivity contribution in [1.82, 2.24) is 0 Å². The Morgan fingerprint density at radius 1 is 1.15 bits per heavy atom. The zero-order valence-electron chi connectivity index (χ0n) is 14.8. The molecule has 0 radical (unpaired) electrons. The number of rotatable bonds is 6. The van der Waals surface area contributed by atoms with Gasteiger partial charge in [-0.3, -0.25) is 10.1 Å². The van der Waals surface area contributed by atoms with Crippen molar-refractivity contribution < 1.29 is 28.7 Å². The minimum Gasteiger partial charge on any atom is -0.458 e. The molecular weight excluding hydrogens is 342 g/mol.